The van der Waals surface area contributed by atoms with Crippen molar-refractivity contribution in [3.05, 3.63) is 36.4 Å². The highest BCUT2D eigenvalue weighted by atomic mass is 16.5. The third kappa shape index (κ3) is 4.72. The molecule has 5 heteroatoms. The highest BCUT2D eigenvalue weighted by Gasteiger charge is 2.07. The van der Waals surface area contributed by atoms with Crippen LogP contribution in [0.25, 0.3) is 11.4 Å². The van der Waals surface area contributed by atoms with Gasteiger partial charge in [-0.1, -0.05) is 37.3 Å². The van der Waals surface area contributed by atoms with Gasteiger partial charge in [-0.2, -0.15) is 4.98 Å². The Balaban J connectivity index is 2.23. The normalized spacial score (nSPS) is 10.4. The first-order valence-electron chi connectivity index (χ1n) is 7.13. The minimum absolute atomic E-state index is 0.467. The maximum Gasteiger partial charge on any atom is 0.219 e. The molecule has 2 aromatic rings. The molecular formula is C16H21N3O2. The van der Waals surface area contributed by atoms with Crippen LogP contribution in [0.5, 0.6) is 5.88 Å². The molecule has 0 aliphatic carbocycles. The highest BCUT2D eigenvalue weighted by Crippen LogP contribution is 2.21. The van der Waals surface area contributed by atoms with Gasteiger partial charge in [-0.05, 0) is 6.42 Å². The number of rotatable bonds is 8. The molecule has 112 valence electrons. The summed E-state index contributed by atoms with van der Waals surface area (Å²) < 4.78 is 10.6. The van der Waals surface area contributed by atoms with Crippen molar-refractivity contribution < 1.29 is 9.47 Å². The van der Waals surface area contributed by atoms with E-state index in [-0.39, 0.29) is 0 Å². The molecule has 1 aromatic heterocycles. The predicted molar refractivity (Wildman–Crippen MR) is 83.6 cm³/mol. The summed E-state index contributed by atoms with van der Waals surface area (Å²) >= 11 is 0. The largest absolute Gasteiger partial charge is 0.475 e. The number of nitrogens with one attached hydrogen (secondary N) is 1. The first-order valence-corrected chi connectivity index (χ1v) is 7.13. The van der Waals surface area contributed by atoms with Crippen LogP contribution in [0.1, 0.15) is 13.3 Å². The molecule has 0 spiro atoms. The van der Waals surface area contributed by atoms with Crippen molar-refractivity contribution in [3.63, 3.8) is 0 Å². The minimum Gasteiger partial charge on any atom is -0.475 e. The molecule has 0 unspecified atom stereocenters. The fourth-order valence-corrected chi connectivity index (χ4v) is 1.79. The van der Waals surface area contributed by atoms with E-state index in [1.807, 2.05) is 36.4 Å². The Morgan fingerprint density at radius 3 is 2.62 bits per heavy atom. The number of benzene rings is 1. The molecule has 0 saturated heterocycles. The Morgan fingerprint density at radius 2 is 1.90 bits per heavy atom. The van der Waals surface area contributed by atoms with Crippen molar-refractivity contribution in [3.8, 4) is 17.3 Å². The number of ether oxygens (including phenoxy) is 2. The van der Waals surface area contributed by atoms with Gasteiger partial charge in [0.15, 0.2) is 5.82 Å². The Labute approximate surface area is 125 Å². The summed E-state index contributed by atoms with van der Waals surface area (Å²) in [6.07, 6.45) is 1.03. The van der Waals surface area contributed by atoms with Crippen LogP contribution in [0.4, 0.5) is 5.82 Å². The SMILES string of the molecule is CCCNc1cc(OCCOC)nc(-c2ccccc2)n1. The smallest absolute Gasteiger partial charge is 0.219 e. The zero-order valence-electron chi connectivity index (χ0n) is 12.5. The summed E-state index contributed by atoms with van der Waals surface area (Å²) in [6, 6.07) is 11.7. The van der Waals surface area contributed by atoms with Crippen LogP contribution in [0.2, 0.25) is 0 Å². The van der Waals surface area contributed by atoms with E-state index in [9.17, 15) is 0 Å². The molecule has 0 radical (unpaired) electrons. The third-order valence-electron chi connectivity index (χ3n) is 2.83. The molecule has 1 N–H and O–H groups in total. The molecular weight excluding hydrogens is 266 g/mol. The molecule has 0 aliphatic heterocycles. The zero-order chi connectivity index (χ0) is 14.9. The minimum atomic E-state index is 0.467. The van der Waals surface area contributed by atoms with Crippen molar-refractivity contribution in [2.75, 3.05) is 32.2 Å². The van der Waals surface area contributed by atoms with E-state index >= 15 is 0 Å². The van der Waals surface area contributed by atoms with Crippen molar-refractivity contribution in [2.24, 2.45) is 0 Å². The Hall–Kier alpha value is -2.14. The Morgan fingerprint density at radius 1 is 1.10 bits per heavy atom. The van der Waals surface area contributed by atoms with Gasteiger partial charge in [0.25, 0.3) is 0 Å². The molecule has 0 bridgehead atoms. The first-order chi connectivity index (χ1) is 10.3. The van der Waals surface area contributed by atoms with E-state index in [1.54, 1.807) is 7.11 Å². The van der Waals surface area contributed by atoms with Gasteiger partial charge in [0.05, 0.1) is 6.61 Å². The van der Waals surface area contributed by atoms with Crippen molar-refractivity contribution in [1.29, 1.82) is 0 Å². The number of aromatic nitrogens is 2. The number of hydrogen-bond donors (Lipinski definition) is 1. The van der Waals surface area contributed by atoms with Crippen LogP contribution in [-0.2, 0) is 4.74 Å². The quantitative estimate of drug-likeness (QED) is 0.756. The predicted octanol–water partition coefficient (Wildman–Crippen LogP) is 2.99. The molecule has 5 nitrogen and oxygen atoms in total. The molecule has 0 aliphatic rings. The van der Waals surface area contributed by atoms with E-state index in [1.165, 1.54) is 0 Å². The molecule has 0 fully saturated rings. The Bertz CT molecular complexity index is 546. The average Bonchev–Trinajstić information content (AvgIpc) is 2.54. The van der Waals surface area contributed by atoms with Crippen LogP contribution >= 0.6 is 0 Å². The maximum absolute atomic E-state index is 5.61. The molecule has 0 amide bonds. The van der Waals surface area contributed by atoms with Crippen molar-refractivity contribution >= 4 is 5.82 Å². The van der Waals surface area contributed by atoms with Gasteiger partial charge in [-0.25, -0.2) is 4.98 Å². The fourth-order valence-electron chi connectivity index (χ4n) is 1.79. The molecule has 2 rings (SSSR count). The summed E-state index contributed by atoms with van der Waals surface area (Å²) in [5.74, 6) is 1.99. The van der Waals surface area contributed by atoms with E-state index < -0.39 is 0 Å². The summed E-state index contributed by atoms with van der Waals surface area (Å²) in [5, 5.41) is 3.27. The molecule has 21 heavy (non-hydrogen) atoms. The number of nitrogens with zero attached hydrogens (tertiary/aromatic N) is 2. The van der Waals surface area contributed by atoms with Gasteiger partial charge in [-0.3, -0.25) is 0 Å². The first kappa shape index (κ1) is 15.3. The van der Waals surface area contributed by atoms with Crippen molar-refractivity contribution in [1.82, 2.24) is 9.97 Å². The van der Waals surface area contributed by atoms with Gasteiger partial charge < -0.3 is 14.8 Å². The number of anilines is 1. The van der Waals surface area contributed by atoms with Gasteiger partial charge in [0.1, 0.15) is 12.4 Å². The lowest BCUT2D eigenvalue weighted by Crippen LogP contribution is -2.08. The van der Waals surface area contributed by atoms with Crippen molar-refractivity contribution in [2.45, 2.75) is 13.3 Å². The van der Waals surface area contributed by atoms with Crippen LogP contribution in [0.15, 0.2) is 36.4 Å². The number of methoxy groups -OCH3 is 1. The Kier molecular flexibility index (Phi) is 5.97. The van der Waals surface area contributed by atoms with Gasteiger partial charge >= 0.3 is 0 Å². The van der Waals surface area contributed by atoms with Crippen LogP contribution in [-0.4, -0.2) is 36.8 Å². The average molecular weight is 287 g/mol. The second kappa shape index (κ2) is 8.21. The van der Waals surface area contributed by atoms with Crippen LogP contribution in [0, 0.1) is 0 Å². The number of hydrogen-bond acceptors (Lipinski definition) is 5. The lowest BCUT2D eigenvalue weighted by molar-refractivity contribution is 0.144. The standard InChI is InChI=1S/C16H21N3O2/c1-3-9-17-14-12-15(21-11-10-20-2)19-16(18-14)13-7-5-4-6-8-13/h4-8,12H,3,9-11H2,1-2H3,(H,17,18,19). The monoisotopic (exact) mass is 287 g/mol. The van der Waals surface area contributed by atoms with E-state index in [0.717, 1.165) is 24.3 Å². The van der Waals surface area contributed by atoms with Crippen LogP contribution < -0.4 is 10.1 Å². The highest BCUT2D eigenvalue weighted by molar-refractivity contribution is 5.58. The summed E-state index contributed by atoms with van der Waals surface area (Å²) in [5.41, 5.74) is 0.967. The maximum atomic E-state index is 5.61. The summed E-state index contributed by atoms with van der Waals surface area (Å²) in [6.45, 7) is 3.97. The summed E-state index contributed by atoms with van der Waals surface area (Å²) in [4.78, 5) is 8.99. The summed E-state index contributed by atoms with van der Waals surface area (Å²) in [7, 11) is 1.65. The van der Waals surface area contributed by atoms with Gasteiger partial charge in [0, 0.05) is 25.3 Å². The third-order valence-corrected chi connectivity index (χ3v) is 2.83. The van der Waals surface area contributed by atoms with Gasteiger partial charge in [-0.15, -0.1) is 0 Å². The van der Waals surface area contributed by atoms with E-state index in [0.29, 0.717) is 24.9 Å². The molecule has 1 heterocycles. The molecule has 0 saturated carbocycles. The zero-order valence-corrected chi connectivity index (χ0v) is 12.5. The van der Waals surface area contributed by atoms with E-state index in [2.05, 4.69) is 22.2 Å². The fraction of sp³-hybridized carbons (Fsp3) is 0.375. The second-order valence-electron chi connectivity index (χ2n) is 4.55. The topological polar surface area (TPSA) is 56.3 Å². The van der Waals surface area contributed by atoms with Gasteiger partial charge in [0.2, 0.25) is 5.88 Å². The lowest BCUT2D eigenvalue weighted by atomic mass is 10.2. The van der Waals surface area contributed by atoms with E-state index in [4.69, 9.17) is 9.47 Å². The van der Waals surface area contributed by atoms with Crippen LogP contribution in [0.3, 0.4) is 0 Å². The molecule has 1 aromatic carbocycles. The molecule has 0 atom stereocenters. The second-order valence-corrected chi connectivity index (χ2v) is 4.55. The lowest BCUT2D eigenvalue weighted by Gasteiger charge is -2.10.